The molecule has 2 aliphatic rings. The summed E-state index contributed by atoms with van der Waals surface area (Å²) in [6, 6.07) is 20.7. The van der Waals surface area contributed by atoms with Crippen molar-refractivity contribution in [3.8, 4) is 0 Å². The maximum Gasteiger partial charge on any atom is 0.225 e. The first-order chi connectivity index (χ1) is 15.7. The van der Waals surface area contributed by atoms with E-state index in [1.54, 1.807) is 0 Å². The first kappa shape index (κ1) is 22.3. The summed E-state index contributed by atoms with van der Waals surface area (Å²) in [5, 5.41) is 3.06. The Bertz CT molecular complexity index is 866. The van der Waals surface area contributed by atoms with E-state index in [2.05, 4.69) is 57.6 Å². The number of para-hydroxylation sites is 1. The highest BCUT2D eigenvalue weighted by molar-refractivity contribution is 5.89. The summed E-state index contributed by atoms with van der Waals surface area (Å²) in [4.78, 5) is 31.6. The second kappa shape index (κ2) is 11.1. The number of likely N-dealkylation sites (tertiary alicyclic amines) is 1. The molecule has 2 saturated heterocycles. The van der Waals surface area contributed by atoms with Gasteiger partial charge < -0.3 is 15.1 Å². The van der Waals surface area contributed by atoms with Gasteiger partial charge in [-0.15, -0.1) is 0 Å². The van der Waals surface area contributed by atoms with Crippen LogP contribution in [0.15, 0.2) is 60.7 Å². The Morgan fingerprint density at radius 1 is 0.906 bits per heavy atom. The molecule has 0 spiro atoms. The van der Waals surface area contributed by atoms with Gasteiger partial charge in [0, 0.05) is 57.9 Å². The predicted molar refractivity (Wildman–Crippen MR) is 128 cm³/mol. The van der Waals surface area contributed by atoms with E-state index >= 15 is 0 Å². The molecule has 0 bridgehead atoms. The fraction of sp³-hybridized carbons (Fsp3) is 0.462. The number of nitrogens with one attached hydrogen (secondary N) is 1. The highest BCUT2D eigenvalue weighted by Crippen LogP contribution is 2.19. The molecular weight excluding hydrogens is 400 g/mol. The SMILES string of the molecule is O=C(NCCCN1CCN(c2ccccc2)CC1)[C@H]1CC(=O)N(CCc2ccccc2)C1. The second-order valence-electron chi connectivity index (χ2n) is 8.79. The zero-order chi connectivity index (χ0) is 22.2. The van der Waals surface area contributed by atoms with Gasteiger partial charge in [0.1, 0.15) is 0 Å². The van der Waals surface area contributed by atoms with Crippen LogP contribution in [-0.4, -0.2) is 74.0 Å². The number of carbonyl (C=O) groups is 2. The lowest BCUT2D eigenvalue weighted by Crippen LogP contribution is -2.47. The average Bonchev–Trinajstić information content (AvgIpc) is 3.22. The molecule has 0 unspecified atom stereocenters. The van der Waals surface area contributed by atoms with Gasteiger partial charge in [-0.1, -0.05) is 48.5 Å². The van der Waals surface area contributed by atoms with Crippen LogP contribution in [0.2, 0.25) is 0 Å². The van der Waals surface area contributed by atoms with Crippen molar-refractivity contribution in [2.24, 2.45) is 5.92 Å². The van der Waals surface area contributed by atoms with Gasteiger partial charge in [-0.05, 0) is 37.1 Å². The normalized spacial score (nSPS) is 19.4. The van der Waals surface area contributed by atoms with Gasteiger partial charge in [0.2, 0.25) is 11.8 Å². The maximum atomic E-state index is 12.6. The molecule has 4 rings (SSSR count). The Hall–Kier alpha value is -2.86. The summed E-state index contributed by atoms with van der Waals surface area (Å²) in [5.74, 6) is -0.0977. The molecular formula is C26H34N4O2. The molecule has 2 heterocycles. The molecule has 0 aromatic heterocycles. The van der Waals surface area contributed by atoms with E-state index in [9.17, 15) is 9.59 Å². The lowest BCUT2D eigenvalue weighted by atomic mass is 10.1. The number of piperazine rings is 1. The van der Waals surface area contributed by atoms with Crippen LogP contribution in [0.1, 0.15) is 18.4 Å². The van der Waals surface area contributed by atoms with Crippen LogP contribution in [-0.2, 0) is 16.0 Å². The van der Waals surface area contributed by atoms with Gasteiger partial charge in [0.15, 0.2) is 0 Å². The van der Waals surface area contributed by atoms with E-state index in [-0.39, 0.29) is 17.7 Å². The molecule has 170 valence electrons. The number of hydrogen-bond donors (Lipinski definition) is 1. The van der Waals surface area contributed by atoms with Gasteiger partial charge >= 0.3 is 0 Å². The monoisotopic (exact) mass is 434 g/mol. The molecule has 0 aliphatic carbocycles. The Morgan fingerprint density at radius 3 is 2.31 bits per heavy atom. The van der Waals surface area contributed by atoms with E-state index in [0.717, 1.165) is 45.6 Å². The molecule has 2 amide bonds. The summed E-state index contributed by atoms with van der Waals surface area (Å²) in [5.41, 5.74) is 2.51. The molecule has 2 aromatic rings. The fourth-order valence-electron chi connectivity index (χ4n) is 4.60. The Balaban J connectivity index is 1.10. The molecule has 6 nitrogen and oxygen atoms in total. The largest absolute Gasteiger partial charge is 0.369 e. The summed E-state index contributed by atoms with van der Waals surface area (Å²) in [6.45, 7) is 7.08. The molecule has 2 aliphatic heterocycles. The van der Waals surface area contributed by atoms with Crippen LogP contribution < -0.4 is 10.2 Å². The van der Waals surface area contributed by atoms with Crippen LogP contribution in [0.25, 0.3) is 0 Å². The van der Waals surface area contributed by atoms with Crippen molar-refractivity contribution < 1.29 is 9.59 Å². The third kappa shape index (κ3) is 6.10. The highest BCUT2D eigenvalue weighted by atomic mass is 16.2. The Kier molecular flexibility index (Phi) is 7.77. The van der Waals surface area contributed by atoms with E-state index < -0.39 is 0 Å². The Morgan fingerprint density at radius 2 is 1.59 bits per heavy atom. The molecule has 6 heteroatoms. The van der Waals surface area contributed by atoms with Crippen molar-refractivity contribution in [2.45, 2.75) is 19.3 Å². The zero-order valence-electron chi connectivity index (χ0n) is 18.8. The minimum absolute atomic E-state index is 0.0226. The average molecular weight is 435 g/mol. The molecule has 0 saturated carbocycles. The lowest BCUT2D eigenvalue weighted by molar-refractivity contribution is -0.129. The third-order valence-corrected chi connectivity index (χ3v) is 6.54. The molecule has 0 radical (unpaired) electrons. The van der Waals surface area contributed by atoms with Crippen molar-refractivity contribution in [3.63, 3.8) is 0 Å². The lowest BCUT2D eigenvalue weighted by Gasteiger charge is -2.36. The van der Waals surface area contributed by atoms with E-state index in [1.807, 2.05) is 23.1 Å². The number of rotatable bonds is 9. The summed E-state index contributed by atoms with van der Waals surface area (Å²) in [7, 11) is 0. The summed E-state index contributed by atoms with van der Waals surface area (Å²) >= 11 is 0. The van der Waals surface area contributed by atoms with E-state index in [4.69, 9.17) is 0 Å². The van der Waals surface area contributed by atoms with E-state index in [1.165, 1.54) is 11.3 Å². The molecule has 1 N–H and O–H groups in total. The number of nitrogens with zero attached hydrogens (tertiary/aromatic N) is 3. The summed E-state index contributed by atoms with van der Waals surface area (Å²) < 4.78 is 0. The van der Waals surface area contributed by atoms with Crippen LogP contribution >= 0.6 is 0 Å². The van der Waals surface area contributed by atoms with Gasteiger partial charge in [0.25, 0.3) is 0 Å². The smallest absolute Gasteiger partial charge is 0.225 e. The predicted octanol–water partition coefficient (Wildman–Crippen LogP) is 2.41. The topological polar surface area (TPSA) is 55.9 Å². The van der Waals surface area contributed by atoms with Crippen molar-refractivity contribution >= 4 is 17.5 Å². The van der Waals surface area contributed by atoms with Gasteiger partial charge in [0.05, 0.1) is 5.92 Å². The number of benzene rings is 2. The molecule has 32 heavy (non-hydrogen) atoms. The third-order valence-electron chi connectivity index (χ3n) is 6.54. The van der Waals surface area contributed by atoms with Gasteiger partial charge in [-0.2, -0.15) is 0 Å². The number of hydrogen-bond acceptors (Lipinski definition) is 4. The summed E-state index contributed by atoms with van der Waals surface area (Å²) in [6.07, 6.45) is 2.11. The van der Waals surface area contributed by atoms with E-state index in [0.29, 0.717) is 26.1 Å². The fourth-order valence-corrected chi connectivity index (χ4v) is 4.60. The number of amides is 2. The number of carbonyl (C=O) groups excluding carboxylic acids is 2. The minimum atomic E-state index is -0.215. The molecule has 2 fully saturated rings. The second-order valence-corrected chi connectivity index (χ2v) is 8.79. The van der Waals surface area contributed by atoms with Gasteiger partial charge in [-0.25, -0.2) is 0 Å². The van der Waals surface area contributed by atoms with Gasteiger partial charge in [-0.3, -0.25) is 14.5 Å². The first-order valence-corrected chi connectivity index (χ1v) is 11.8. The van der Waals surface area contributed by atoms with Crippen molar-refractivity contribution in [2.75, 3.05) is 57.3 Å². The van der Waals surface area contributed by atoms with Crippen LogP contribution in [0, 0.1) is 5.92 Å². The maximum absolute atomic E-state index is 12.6. The van der Waals surface area contributed by atoms with Crippen molar-refractivity contribution in [3.05, 3.63) is 66.2 Å². The van der Waals surface area contributed by atoms with Crippen LogP contribution in [0.3, 0.4) is 0 Å². The zero-order valence-corrected chi connectivity index (χ0v) is 18.8. The van der Waals surface area contributed by atoms with Crippen LogP contribution in [0.5, 0.6) is 0 Å². The Labute approximate surface area is 191 Å². The standard InChI is InChI=1S/C26H34N4O2/c31-25-20-23(21-30(25)15-12-22-8-3-1-4-9-22)26(32)27-13-7-14-28-16-18-29(19-17-28)24-10-5-2-6-11-24/h1-6,8-11,23H,7,12-21H2,(H,27,32)/t23-/m0/s1. The molecule has 1 atom stereocenters. The van der Waals surface area contributed by atoms with Crippen molar-refractivity contribution in [1.29, 1.82) is 0 Å². The molecule has 2 aromatic carbocycles. The van der Waals surface area contributed by atoms with Crippen molar-refractivity contribution in [1.82, 2.24) is 15.1 Å². The minimum Gasteiger partial charge on any atom is -0.369 e. The number of anilines is 1. The van der Waals surface area contributed by atoms with Crippen LogP contribution in [0.4, 0.5) is 5.69 Å². The first-order valence-electron chi connectivity index (χ1n) is 11.8. The quantitative estimate of drug-likeness (QED) is 0.616. The highest BCUT2D eigenvalue weighted by Gasteiger charge is 2.33.